The minimum Gasteiger partial charge on any atom is -0.312 e. The van der Waals surface area contributed by atoms with Crippen LogP contribution in [0.2, 0.25) is 0 Å². The van der Waals surface area contributed by atoms with Gasteiger partial charge in [-0.15, -0.1) is 0 Å². The second kappa shape index (κ2) is 16.4. The summed E-state index contributed by atoms with van der Waals surface area (Å²) in [6, 6.07) is 73.8. The number of aromatic nitrogens is 7. The molecule has 0 saturated heterocycles. The molecule has 0 amide bonds. The molecule has 0 fully saturated rings. The lowest BCUT2D eigenvalue weighted by molar-refractivity contribution is 0.889. The molecular weight excluding hydrogens is 831 g/mol. The van der Waals surface area contributed by atoms with E-state index in [4.69, 9.17) is 24.9 Å². The lowest BCUT2D eigenvalue weighted by Crippen LogP contribution is -2.07. The number of allylic oxidation sites excluding steroid dienone is 1. The van der Waals surface area contributed by atoms with Gasteiger partial charge in [0.25, 0.3) is 0 Å². The zero-order chi connectivity index (χ0) is 45.0. The highest BCUT2D eigenvalue weighted by atomic mass is 15.2. The van der Waals surface area contributed by atoms with Crippen LogP contribution in [0.5, 0.6) is 0 Å². The molecule has 0 saturated carbocycles. The predicted molar refractivity (Wildman–Crippen MR) is 277 cm³/mol. The van der Waals surface area contributed by atoms with Crippen LogP contribution in [-0.4, -0.2) is 34.1 Å². The maximum Gasteiger partial charge on any atom is 0.238 e. The normalized spacial score (nSPS) is 12.2. The van der Waals surface area contributed by atoms with Crippen LogP contribution >= 0.6 is 0 Å². The standard InChI is InChI=1S/C61H41N7/c1-5-20-40(21-6-1)44-28-19-29-45(36-44)60-64-59(43-26-11-4-12-27-43)65-61(66-60)68-54-34-17-14-31-47(54)50-37-49-46-30-13-16-33-53(46)67(56(49)39-57(50)68)55-35-18-15-32-48(55)52-38-51(41-22-7-2-8-23-41)62-58(63-52)42-24-9-3-10-25-42/h1-15,17-32,34-39H,16,33H2. The van der Waals surface area contributed by atoms with Gasteiger partial charge in [0.05, 0.1) is 33.6 Å². The first-order valence-electron chi connectivity index (χ1n) is 23.1. The number of nitrogens with zero attached hydrogens (tertiary/aromatic N) is 7. The van der Waals surface area contributed by atoms with Crippen molar-refractivity contribution in [3.8, 4) is 79.4 Å². The molecule has 4 heterocycles. The van der Waals surface area contributed by atoms with Crippen molar-refractivity contribution in [3.05, 3.63) is 230 Å². The number of rotatable bonds is 8. The SMILES string of the molecule is C1=Cc2c(n(-c3ccccc3-c3cc(-c4ccccc4)nc(-c4ccccc4)n3)c3cc4c(cc23)c2ccccc2n4-c2nc(-c3ccccc3)nc(-c3cccc(-c4ccccc4)c3)n2)CC1. The Kier molecular flexibility index (Phi) is 9.49. The molecule has 68 heavy (non-hydrogen) atoms. The molecule has 12 aromatic rings. The molecule has 0 radical (unpaired) electrons. The fourth-order valence-electron chi connectivity index (χ4n) is 9.89. The van der Waals surface area contributed by atoms with E-state index < -0.39 is 0 Å². The van der Waals surface area contributed by atoms with E-state index in [-0.39, 0.29) is 0 Å². The van der Waals surface area contributed by atoms with Crippen LogP contribution < -0.4 is 0 Å². The van der Waals surface area contributed by atoms with Gasteiger partial charge < -0.3 is 4.57 Å². The fourth-order valence-corrected chi connectivity index (χ4v) is 9.89. The summed E-state index contributed by atoms with van der Waals surface area (Å²) < 4.78 is 4.70. The third-order valence-corrected chi connectivity index (χ3v) is 13.1. The monoisotopic (exact) mass is 871 g/mol. The molecule has 1 aliphatic rings. The fraction of sp³-hybridized carbons (Fsp3) is 0.0328. The molecule has 320 valence electrons. The number of fused-ring (bicyclic) bond motifs is 6. The molecule has 7 heteroatoms. The van der Waals surface area contributed by atoms with E-state index in [0.717, 1.165) is 96.2 Å². The maximum absolute atomic E-state index is 5.36. The van der Waals surface area contributed by atoms with Crippen molar-refractivity contribution in [2.24, 2.45) is 0 Å². The molecule has 4 aromatic heterocycles. The Labute approximate surface area is 393 Å². The number of hydrogen-bond acceptors (Lipinski definition) is 5. The minimum atomic E-state index is 0.551. The Morgan fingerprint density at radius 3 is 1.68 bits per heavy atom. The minimum absolute atomic E-state index is 0.551. The Hall–Kier alpha value is -9.07. The third kappa shape index (κ3) is 6.79. The van der Waals surface area contributed by atoms with Crippen LogP contribution in [-0.2, 0) is 6.42 Å². The van der Waals surface area contributed by atoms with E-state index in [1.165, 1.54) is 16.6 Å². The average Bonchev–Trinajstić information content (AvgIpc) is 3.92. The molecule has 8 aromatic carbocycles. The van der Waals surface area contributed by atoms with Crippen molar-refractivity contribution in [3.63, 3.8) is 0 Å². The molecule has 7 nitrogen and oxygen atoms in total. The molecule has 0 unspecified atom stereocenters. The molecule has 0 N–H and O–H groups in total. The number of hydrogen-bond donors (Lipinski definition) is 0. The highest BCUT2D eigenvalue weighted by Crippen LogP contribution is 2.42. The zero-order valence-corrected chi connectivity index (χ0v) is 36.9. The largest absolute Gasteiger partial charge is 0.312 e. The highest BCUT2D eigenvalue weighted by Gasteiger charge is 2.25. The Balaban J connectivity index is 1.06. The summed E-state index contributed by atoms with van der Waals surface area (Å²) >= 11 is 0. The van der Waals surface area contributed by atoms with Gasteiger partial charge in [-0.3, -0.25) is 4.57 Å². The maximum atomic E-state index is 5.36. The van der Waals surface area contributed by atoms with Gasteiger partial charge in [0.2, 0.25) is 5.95 Å². The summed E-state index contributed by atoms with van der Waals surface area (Å²) in [4.78, 5) is 26.3. The lowest BCUT2D eigenvalue weighted by Gasteiger charge is -2.18. The van der Waals surface area contributed by atoms with Crippen LogP contribution in [0.4, 0.5) is 0 Å². The van der Waals surface area contributed by atoms with Gasteiger partial charge in [-0.1, -0.05) is 188 Å². The van der Waals surface area contributed by atoms with E-state index in [9.17, 15) is 0 Å². The summed E-state index contributed by atoms with van der Waals surface area (Å²) in [7, 11) is 0. The molecule has 13 rings (SSSR count). The molecule has 0 bridgehead atoms. The average molecular weight is 872 g/mol. The first kappa shape index (κ1) is 39.3. The van der Waals surface area contributed by atoms with Crippen molar-refractivity contribution in [2.45, 2.75) is 12.8 Å². The summed E-state index contributed by atoms with van der Waals surface area (Å²) in [5.41, 5.74) is 15.5. The van der Waals surface area contributed by atoms with Crippen LogP contribution in [0.3, 0.4) is 0 Å². The smallest absolute Gasteiger partial charge is 0.238 e. The first-order valence-corrected chi connectivity index (χ1v) is 23.1. The first-order chi connectivity index (χ1) is 33.7. The molecule has 0 atom stereocenters. The van der Waals surface area contributed by atoms with Gasteiger partial charge in [0.15, 0.2) is 17.5 Å². The Morgan fingerprint density at radius 1 is 0.353 bits per heavy atom. The second-order valence-electron chi connectivity index (χ2n) is 17.2. The van der Waals surface area contributed by atoms with Crippen LogP contribution in [0.15, 0.2) is 218 Å². The molecule has 0 spiro atoms. The van der Waals surface area contributed by atoms with Gasteiger partial charge in [0, 0.05) is 55.2 Å². The van der Waals surface area contributed by atoms with Gasteiger partial charge in [-0.25, -0.2) is 15.0 Å². The second-order valence-corrected chi connectivity index (χ2v) is 17.2. The van der Waals surface area contributed by atoms with Crippen LogP contribution in [0.25, 0.3) is 118 Å². The Morgan fingerprint density at radius 2 is 0.926 bits per heavy atom. The summed E-state index contributed by atoms with van der Waals surface area (Å²) in [6.45, 7) is 0. The van der Waals surface area contributed by atoms with Gasteiger partial charge >= 0.3 is 0 Å². The van der Waals surface area contributed by atoms with E-state index in [1.807, 2.05) is 48.5 Å². The van der Waals surface area contributed by atoms with Gasteiger partial charge in [-0.05, 0) is 60.4 Å². The van der Waals surface area contributed by atoms with E-state index in [1.54, 1.807) is 0 Å². The predicted octanol–water partition coefficient (Wildman–Crippen LogP) is 14.7. The lowest BCUT2D eigenvalue weighted by atomic mass is 10.0. The molecule has 1 aliphatic carbocycles. The molecule has 0 aliphatic heterocycles. The van der Waals surface area contributed by atoms with Crippen molar-refractivity contribution in [1.82, 2.24) is 34.1 Å². The van der Waals surface area contributed by atoms with Crippen LogP contribution in [0, 0.1) is 0 Å². The summed E-state index contributed by atoms with van der Waals surface area (Å²) in [6.07, 6.45) is 6.46. The summed E-state index contributed by atoms with van der Waals surface area (Å²) in [5.74, 6) is 2.45. The molecular formula is C61H41N7. The summed E-state index contributed by atoms with van der Waals surface area (Å²) in [5, 5.41) is 3.45. The van der Waals surface area contributed by atoms with E-state index in [0.29, 0.717) is 23.4 Å². The van der Waals surface area contributed by atoms with Crippen molar-refractivity contribution < 1.29 is 0 Å². The Bertz CT molecular complexity index is 3830. The topological polar surface area (TPSA) is 74.3 Å². The highest BCUT2D eigenvalue weighted by molar-refractivity contribution is 6.14. The number of benzene rings is 8. The van der Waals surface area contributed by atoms with Crippen LogP contribution in [0.1, 0.15) is 17.7 Å². The van der Waals surface area contributed by atoms with Gasteiger partial charge in [-0.2, -0.15) is 9.97 Å². The van der Waals surface area contributed by atoms with E-state index >= 15 is 0 Å². The number of para-hydroxylation sites is 2. The van der Waals surface area contributed by atoms with E-state index in [2.05, 4.69) is 185 Å². The van der Waals surface area contributed by atoms with Crippen molar-refractivity contribution >= 4 is 38.8 Å². The van der Waals surface area contributed by atoms with Gasteiger partial charge in [0.1, 0.15) is 0 Å². The third-order valence-electron chi connectivity index (χ3n) is 13.1. The van der Waals surface area contributed by atoms with Crippen molar-refractivity contribution in [1.29, 1.82) is 0 Å². The van der Waals surface area contributed by atoms with Crippen molar-refractivity contribution in [2.75, 3.05) is 0 Å². The quantitative estimate of drug-likeness (QED) is 0.152. The zero-order valence-electron chi connectivity index (χ0n) is 36.9.